The van der Waals surface area contributed by atoms with Gasteiger partial charge in [-0.3, -0.25) is 10.1 Å². The molecule has 3 amide bonds. The Bertz CT molecular complexity index is 430. The lowest BCUT2D eigenvalue weighted by Gasteiger charge is -2.26. The maximum atomic E-state index is 11.6. The summed E-state index contributed by atoms with van der Waals surface area (Å²) >= 11 is 0. The number of carbonyl (C=O) groups is 2. The van der Waals surface area contributed by atoms with Gasteiger partial charge in [-0.15, -0.1) is 0 Å². The van der Waals surface area contributed by atoms with Gasteiger partial charge >= 0.3 is 6.03 Å². The van der Waals surface area contributed by atoms with Crippen molar-refractivity contribution in [1.82, 2.24) is 10.6 Å². The summed E-state index contributed by atoms with van der Waals surface area (Å²) in [5.41, 5.74) is -1.22. The van der Waals surface area contributed by atoms with Gasteiger partial charge in [-0.25, -0.2) is 13.2 Å². The minimum absolute atomic E-state index is 0.391. The molecule has 2 unspecified atom stereocenters. The number of hydrogen-bond donors (Lipinski definition) is 2. The zero-order valence-electron chi connectivity index (χ0n) is 8.24. The minimum Gasteiger partial charge on any atom is -0.322 e. The number of nitrogens with one attached hydrogen (secondary N) is 2. The third-order valence-electron chi connectivity index (χ3n) is 3.07. The maximum Gasteiger partial charge on any atom is 0.322 e. The Labute approximate surface area is 87.3 Å². The van der Waals surface area contributed by atoms with Gasteiger partial charge in [0.25, 0.3) is 5.91 Å². The van der Waals surface area contributed by atoms with Crippen molar-refractivity contribution in [2.45, 2.75) is 30.1 Å². The first-order chi connectivity index (χ1) is 6.86. The second-order valence-electron chi connectivity index (χ2n) is 4.09. The monoisotopic (exact) mass is 232 g/mol. The molecule has 6 nitrogen and oxygen atoms in total. The molecule has 15 heavy (non-hydrogen) atoms. The highest BCUT2D eigenvalue weighted by atomic mass is 32.2. The lowest BCUT2D eigenvalue weighted by Crippen LogP contribution is -2.55. The van der Waals surface area contributed by atoms with Gasteiger partial charge in [-0.2, -0.15) is 0 Å². The molecule has 1 spiro atoms. The van der Waals surface area contributed by atoms with Crippen molar-refractivity contribution in [2.75, 3.05) is 6.26 Å². The second-order valence-corrected chi connectivity index (χ2v) is 6.32. The Morgan fingerprint density at radius 1 is 1.40 bits per heavy atom. The van der Waals surface area contributed by atoms with Crippen molar-refractivity contribution in [3.05, 3.63) is 0 Å². The summed E-state index contributed by atoms with van der Waals surface area (Å²) in [4.78, 5) is 22.7. The molecule has 2 rings (SSSR count). The van der Waals surface area contributed by atoms with E-state index in [1.807, 2.05) is 0 Å². The first kappa shape index (κ1) is 10.4. The molecule has 1 heterocycles. The molecular formula is C8H12N2O4S. The fourth-order valence-corrected chi connectivity index (χ4v) is 4.07. The van der Waals surface area contributed by atoms with E-state index < -0.39 is 32.6 Å². The molecule has 1 saturated carbocycles. The number of amides is 3. The number of hydrogen-bond acceptors (Lipinski definition) is 4. The van der Waals surface area contributed by atoms with Crippen molar-refractivity contribution in [2.24, 2.45) is 0 Å². The topological polar surface area (TPSA) is 92.3 Å². The molecule has 84 valence electrons. The average Bonchev–Trinajstić information content (AvgIpc) is 2.57. The summed E-state index contributed by atoms with van der Waals surface area (Å²) in [5.74, 6) is -0.513. The highest BCUT2D eigenvalue weighted by Crippen LogP contribution is 2.36. The van der Waals surface area contributed by atoms with Crippen LogP contribution in [-0.2, 0) is 14.6 Å². The van der Waals surface area contributed by atoms with Crippen LogP contribution in [0, 0.1) is 0 Å². The summed E-state index contributed by atoms with van der Waals surface area (Å²) in [5, 5.41) is 3.76. The summed E-state index contributed by atoms with van der Waals surface area (Å²) in [6.45, 7) is 0. The molecule has 0 radical (unpaired) electrons. The van der Waals surface area contributed by atoms with E-state index in [4.69, 9.17) is 0 Å². The van der Waals surface area contributed by atoms with Gasteiger partial charge in [0.2, 0.25) is 0 Å². The fourth-order valence-electron chi connectivity index (χ4n) is 2.46. The van der Waals surface area contributed by atoms with Gasteiger partial charge in [0.15, 0.2) is 9.84 Å². The summed E-state index contributed by atoms with van der Waals surface area (Å²) in [6, 6.07) is -0.601. The van der Waals surface area contributed by atoms with Crippen molar-refractivity contribution in [3.63, 3.8) is 0 Å². The number of imide groups is 1. The number of carbonyl (C=O) groups excluding carboxylic acids is 2. The Morgan fingerprint density at radius 2 is 2.07 bits per heavy atom. The molecule has 2 aliphatic rings. The number of urea groups is 1. The first-order valence-electron chi connectivity index (χ1n) is 4.69. The molecule has 0 aromatic heterocycles. The summed E-state index contributed by atoms with van der Waals surface area (Å²) in [6.07, 6.45) is 2.54. The fraction of sp³-hybridized carbons (Fsp3) is 0.750. The van der Waals surface area contributed by atoms with E-state index in [1.165, 1.54) is 0 Å². The zero-order chi connectivity index (χ0) is 11.3. The van der Waals surface area contributed by atoms with E-state index in [9.17, 15) is 18.0 Å². The SMILES string of the molecule is CS(=O)(=O)C1CCCC12NC(=O)NC2=O. The van der Waals surface area contributed by atoms with Gasteiger partial charge in [-0.05, 0) is 19.3 Å². The van der Waals surface area contributed by atoms with Crippen molar-refractivity contribution in [3.8, 4) is 0 Å². The van der Waals surface area contributed by atoms with Gasteiger partial charge in [-0.1, -0.05) is 0 Å². The van der Waals surface area contributed by atoms with Crippen molar-refractivity contribution in [1.29, 1.82) is 0 Å². The van der Waals surface area contributed by atoms with Crippen LogP contribution in [0.4, 0.5) is 4.79 Å². The van der Waals surface area contributed by atoms with Crippen LogP contribution >= 0.6 is 0 Å². The average molecular weight is 232 g/mol. The van der Waals surface area contributed by atoms with Gasteiger partial charge in [0.1, 0.15) is 5.54 Å². The van der Waals surface area contributed by atoms with Gasteiger partial charge in [0.05, 0.1) is 5.25 Å². The minimum atomic E-state index is -3.33. The van der Waals surface area contributed by atoms with Crippen LogP contribution in [0.1, 0.15) is 19.3 Å². The number of sulfone groups is 1. The predicted molar refractivity (Wildman–Crippen MR) is 51.9 cm³/mol. The Morgan fingerprint density at radius 3 is 2.53 bits per heavy atom. The van der Waals surface area contributed by atoms with Crippen LogP contribution in [0.25, 0.3) is 0 Å². The van der Waals surface area contributed by atoms with Crippen LogP contribution in [0.5, 0.6) is 0 Å². The quantitative estimate of drug-likeness (QED) is 0.577. The van der Waals surface area contributed by atoms with Gasteiger partial charge < -0.3 is 5.32 Å². The molecule has 2 fully saturated rings. The Hall–Kier alpha value is -1.11. The third kappa shape index (κ3) is 1.41. The van der Waals surface area contributed by atoms with E-state index in [0.29, 0.717) is 19.3 Å². The molecule has 1 saturated heterocycles. The number of rotatable bonds is 1. The van der Waals surface area contributed by atoms with Crippen molar-refractivity contribution < 1.29 is 18.0 Å². The largest absolute Gasteiger partial charge is 0.322 e. The smallest absolute Gasteiger partial charge is 0.322 e. The van der Waals surface area contributed by atoms with Crippen LogP contribution in [0.3, 0.4) is 0 Å². The maximum absolute atomic E-state index is 11.6. The van der Waals surface area contributed by atoms with Crippen LogP contribution in [-0.4, -0.2) is 37.4 Å². The third-order valence-corrected chi connectivity index (χ3v) is 4.74. The molecule has 0 bridgehead atoms. The summed E-state index contributed by atoms with van der Waals surface area (Å²) in [7, 11) is -3.33. The second kappa shape index (κ2) is 2.94. The zero-order valence-corrected chi connectivity index (χ0v) is 9.06. The standard InChI is InChI=1S/C8H12N2O4S/c1-15(13,14)5-3-2-4-8(5)6(11)9-7(12)10-8/h5H,2-4H2,1H3,(H2,9,10,11,12). The van der Waals surface area contributed by atoms with Crippen molar-refractivity contribution >= 4 is 21.8 Å². The Balaban J connectivity index is 2.43. The summed E-state index contributed by atoms with van der Waals surface area (Å²) < 4.78 is 23.0. The highest BCUT2D eigenvalue weighted by molar-refractivity contribution is 7.91. The molecule has 0 aromatic rings. The van der Waals surface area contributed by atoms with Crippen LogP contribution in [0.2, 0.25) is 0 Å². The molecular weight excluding hydrogens is 220 g/mol. The molecule has 0 aromatic carbocycles. The molecule has 7 heteroatoms. The molecule has 1 aliphatic carbocycles. The lowest BCUT2D eigenvalue weighted by atomic mass is 9.98. The normalized spacial score (nSPS) is 35.7. The van der Waals surface area contributed by atoms with Crippen LogP contribution < -0.4 is 10.6 Å². The molecule has 2 atom stereocenters. The van der Waals surface area contributed by atoms with E-state index in [2.05, 4.69) is 10.6 Å². The van der Waals surface area contributed by atoms with E-state index in [0.717, 1.165) is 6.26 Å². The van der Waals surface area contributed by atoms with Crippen LogP contribution in [0.15, 0.2) is 0 Å². The van der Waals surface area contributed by atoms with E-state index in [1.54, 1.807) is 0 Å². The predicted octanol–water partition coefficient (Wildman–Crippen LogP) is -0.838. The highest BCUT2D eigenvalue weighted by Gasteiger charge is 2.57. The van der Waals surface area contributed by atoms with E-state index >= 15 is 0 Å². The lowest BCUT2D eigenvalue weighted by molar-refractivity contribution is -0.123. The Kier molecular flexibility index (Phi) is 2.04. The molecule has 2 N–H and O–H groups in total. The molecule has 1 aliphatic heterocycles. The van der Waals surface area contributed by atoms with E-state index in [-0.39, 0.29) is 0 Å². The first-order valence-corrected chi connectivity index (χ1v) is 6.64. The van der Waals surface area contributed by atoms with Gasteiger partial charge in [0, 0.05) is 6.26 Å².